The summed E-state index contributed by atoms with van der Waals surface area (Å²) in [5.74, 6) is 0.573. The quantitative estimate of drug-likeness (QED) is 0.559. The second-order valence-electron chi connectivity index (χ2n) is 7.89. The Balaban J connectivity index is 1.54. The Bertz CT molecular complexity index is 1190. The number of ether oxygens (including phenoxy) is 1. The van der Waals surface area contributed by atoms with Crippen LogP contribution in [0.2, 0.25) is 0 Å². The summed E-state index contributed by atoms with van der Waals surface area (Å²) in [5.41, 5.74) is 11.9. The molecule has 0 bridgehead atoms. The number of benzene rings is 2. The molecule has 0 atom stereocenters. The van der Waals surface area contributed by atoms with Gasteiger partial charge < -0.3 is 19.9 Å². The van der Waals surface area contributed by atoms with Gasteiger partial charge in [0, 0.05) is 66.5 Å². The van der Waals surface area contributed by atoms with Gasteiger partial charge in [-0.25, -0.2) is 4.98 Å². The van der Waals surface area contributed by atoms with Gasteiger partial charge in [-0.3, -0.25) is 0 Å². The lowest BCUT2D eigenvalue weighted by Gasteiger charge is -2.33. The molecule has 1 saturated heterocycles. The van der Waals surface area contributed by atoms with Gasteiger partial charge in [-0.15, -0.1) is 0 Å². The van der Waals surface area contributed by atoms with Crippen molar-refractivity contribution in [1.29, 1.82) is 0 Å². The Morgan fingerprint density at radius 3 is 2.62 bits per heavy atom. The first kappa shape index (κ1) is 18.0. The zero-order valence-electron chi connectivity index (χ0n) is 16.9. The van der Waals surface area contributed by atoms with Crippen LogP contribution in [0.5, 0.6) is 0 Å². The number of hydrogen-bond acceptors (Lipinski definition) is 4. The van der Waals surface area contributed by atoms with Crippen LogP contribution < -0.4 is 10.6 Å². The minimum Gasteiger partial charge on any atom is -0.383 e. The fraction of sp³-hybridized carbons (Fsp3) is 0.292. The summed E-state index contributed by atoms with van der Waals surface area (Å²) < 4.78 is 7.63. The molecule has 5 rings (SSSR count). The van der Waals surface area contributed by atoms with Crippen LogP contribution in [0.3, 0.4) is 0 Å². The van der Waals surface area contributed by atoms with Crippen molar-refractivity contribution in [2.45, 2.75) is 18.9 Å². The molecule has 0 aliphatic carbocycles. The highest BCUT2D eigenvalue weighted by Crippen LogP contribution is 2.35. The first-order chi connectivity index (χ1) is 14.1. The van der Waals surface area contributed by atoms with E-state index in [0.29, 0.717) is 11.9 Å². The van der Waals surface area contributed by atoms with Crippen molar-refractivity contribution in [1.82, 2.24) is 9.55 Å². The molecule has 0 unspecified atom stereocenters. The van der Waals surface area contributed by atoms with E-state index in [0.717, 1.165) is 48.0 Å². The summed E-state index contributed by atoms with van der Waals surface area (Å²) in [6.07, 6.45) is 4.63. The molecule has 5 nitrogen and oxygen atoms in total. The number of pyridine rings is 1. The van der Waals surface area contributed by atoms with Crippen LogP contribution in [0.1, 0.15) is 12.8 Å². The molecule has 0 spiro atoms. The van der Waals surface area contributed by atoms with Gasteiger partial charge in [0.05, 0.1) is 11.6 Å². The Morgan fingerprint density at radius 2 is 1.83 bits per heavy atom. The Labute approximate surface area is 170 Å². The molecule has 0 saturated carbocycles. The molecule has 3 heterocycles. The standard InChI is InChI=1S/C24H26N4O/c1-27-15-21(19-5-3-4-6-23(19)27)20-13-16-7-8-17(14-22(16)26-24(20)25)28-11-9-18(29-2)10-12-28/h3-8,13-15,18H,9-12H2,1-2H3,(H2,25,26). The van der Waals surface area contributed by atoms with Gasteiger partial charge in [0.1, 0.15) is 5.82 Å². The lowest BCUT2D eigenvalue weighted by Crippen LogP contribution is -2.36. The lowest BCUT2D eigenvalue weighted by atomic mass is 10.0. The summed E-state index contributed by atoms with van der Waals surface area (Å²) in [7, 11) is 3.87. The molecule has 0 amide bonds. The molecule has 1 aliphatic rings. The summed E-state index contributed by atoms with van der Waals surface area (Å²) in [6, 6.07) is 17.1. The van der Waals surface area contributed by atoms with Crippen LogP contribution >= 0.6 is 0 Å². The zero-order valence-corrected chi connectivity index (χ0v) is 16.9. The van der Waals surface area contributed by atoms with E-state index in [4.69, 9.17) is 15.5 Å². The predicted octanol–water partition coefficient (Wildman–Crippen LogP) is 4.59. The summed E-state index contributed by atoms with van der Waals surface area (Å²) in [5, 5.41) is 2.30. The van der Waals surface area contributed by atoms with Crippen molar-refractivity contribution in [3.05, 3.63) is 54.7 Å². The second kappa shape index (κ2) is 7.08. The number of anilines is 2. The first-order valence-corrected chi connectivity index (χ1v) is 10.2. The molecular weight excluding hydrogens is 360 g/mol. The van der Waals surface area contributed by atoms with Crippen molar-refractivity contribution < 1.29 is 4.74 Å². The number of aromatic nitrogens is 2. The van der Waals surface area contributed by atoms with Crippen LogP contribution in [0.15, 0.2) is 54.7 Å². The third-order valence-corrected chi connectivity index (χ3v) is 6.16. The number of nitrogens with zero attached hydrogens (tertiary/aromatic N) is 3. The third kappa shape index (κ3) is 3.12. The maximum atomic E-state index is 6.43. The maximum absolute atomic E-state index is 6.43. The molecule has 2 aromatic heterocycles. The average molecular weight is 386 g/mol. The van der Waals surface area contributed by atoms with Gasteiger partial charge >= 0.3 is 0 Å². The van der Waals surface area contributed by atoms with E-state index in [1.807, 2.05) is 0 Å². The number of piperidine rings is 1. The van der Waals surface area contributed by atoms with Gasteiger partial charge in [-0.1, -0.05) is 24.3 Å². The number of para-hydroxylation sites is 1. The predicted molar refractivity (Wildman–Crippen MR) is 120 cm³/mol. The van der Waals surface area contributed by atoms with Crippen LogP contribution in [-0.4, -0.2) is 35.9 Å². The fourth-order valence-corrected chi connectivity index (χ4v) is 4.49. The molecule has 4 aromatic rings. The van der Waals surface area contributed by atoms with Crippen LogP contribution in [0, 0.1) is 0 Å². The zero-order chi connectivity index (χ0) is 20.0. The Morgan fingerprint density at radius 1 is 1.03 bits per heavy atom. The highest BCUT2D eigenvalue weighted by molar-refractivity contribution is 6.01. The molecule has 2 N–H and O–H groups in total. The van der Waals surface area contributed by atoms with Crippen molar-refractivity contribution >= 4 is 33.3 Å². The van der Waals surface area contributed by atoms with E-state index in [1.54, 1.807) is 7.11 Å². The Kier molecular flexibility index (Phi) is 4.40. The molecular formula is C24H26N4O. The largest absolute Gasteiger partial charge is 0.383 e. The maximum Gasteiger partial charge on any atom is 0.132 e. The first-order valence-electron chi connectivity index (χ1n) is 10.2. The number of fused-ring (bicyclic) bond motifs is 2. The highest BCUT2D eigenvalue weighted by atomic mass is 16.5. The van der Waals surface area contributed by atoms with E-state index in [2.05, 4.69) is 71.2 Å². The number of nitrogen functional groups attached to an aromatic ring is 1. The van der Waals surface area contributed by atoms with Crippen LogP contribution in [0.4, 0.5) is 11.5 Å². The van der Waals surface area contributed by atoms with E-state index in [-0.39, 0.29) is 0 Å². The monoisotopic (exact) mass is 386 g/mol. The molecule has 148 valence electrons. The lowest BCUT2D eigenvalue weighted by molar-refractivity contribution is 0.0819. The van der Waals surface area contributed by atoms with Crippen molar-refractivity contribution in [3.8, 4) is 11.1 Å². The average Bonchev–Trinajstić information content (AvgIpc) is 3.09. The molecule has 1 aliphatic heterocycles. The molecule has 2 aromatic carbocycles. The van der Waals surface area contributed by atoms with E-state index in [9.17, 15) is 0 Å². The van der Waals surface area contributed by atoms with E-state index in [1.165, 1.54) is 16.6 Å². The van der Waals surface area contributed by atoms with E-state index >= 15 is 0 Å². The number of rotatable bonds is 3. The van der Waals surface area contributed by atoms with Crippen LogP contribution in [-0.2, 0) is 11.8 Å². The topological polar surface area (TPSA) is 56.3 Å². The normalized spacial score (nSPS) is 15.4. The minimum atomic E-state index is 0.378. The molecule has 0 radical (unpaired) electrons. The van der Waals surface area contributed by atoms with Gasteiger partial charge in [0.15, 0.2) is 0 Å². The molecule has 1 fully saturated rings. The summed E-state index contributed by atoms with van der Waals surface area (Å²) in [4.78, 5) is 7.18. The van der Waals surface area contributed by atoms with E-state index < -0.39 is 0 Å². The molecule has 29 heavy (non-hydrogen) atoms. The van der Waals surface area contributed by atoms with Gasteiger partial charge in [-0.05, 0) is 37.1 Å². The fourth-order valence-electron chi connectivity index (χ4n) is 4.49. The number of aryl methyl sites for hydroxylation is 1. The third-order valence-electron chi connectivity index (χ3n) is 6.16. The van der Waals surface area contributed by atoms with Gasteiger partial charge in [-0.2, -0.15) is 0 Å². The van der Waals surface area contributed by atoms with Crippen molar-refractivity contribution in [2.24, 2.45) is 7.05 Å². The van der Waals surface area contributed by atoms with Gasteiger partial charge in [0.25, 0.3) is 0 Å². The Hall–Kier alpha value is -3.05. The second-order valence-corrected chi connectivity index (χ2v) is 7.89. The van der Waals surface area contributed by atoms with Crippen LogP contribution in [0.25, 0.3) is 32.9 Å². The van der Waals surface area contributed by atoms with Gasteiger partial charge in [0.2, 0.25) is 0 Å². The van der Waals surface area contributed by atoms with Crippen molar-refractivity contribution in [3.63, 3.8) is 0 Å². The SMILES string of the molecule is COC1CCN(c2ccc3cc(-c4cn(C)c5ccccc45)c(N)nc3c2)CC1. The minimum absolute atomic E-state index is 0.378. The number of hydrogen-bond donors (Lipinski definition) is 1. The summed E-state index contributed by atoms with van der Waals surface area (Å²) in [6.45, 7) is 2.02. The highest BCUT2D eigenvalue weighted by Gasteiger charge is 2.19. The summed E-state index contributed by atoms with van der Waals surface area (Å²) >= 11 is 0. The smallest absolute Gasteiger partial charge is 0.132 e. The number of nitrogens with two attached hydrogens (primary N) is 1. The molecule has 5 heteroatoms. The number of methoxy groups -OCH3 is 1. The van der Waals surface area contributed by atoms with Crippen molar-refractivity contribution in [2.75, 3.05) is 30.8 Å².